The van der Waals surface area contributed by atoms with E-state index in [1.54, 1.807) is 6.92 Å². The Balaban J connectivity index is 3.10. The largest absolute Gasteiger partial charge is 0.383 e. The van der Waals surface area contributed by atoms with E-state index >= 15 is 0 Å². The number of anilines is 1. The van der Waals surface area contributed by atoms with Gasteiger partial charge in [-0.3, -0.25) is 14.4 Å². The van der Waals surface area contributed by atoms with Crippen LogP contribution in [0.3, 0.4) is 0 Å². The van der Waals surface area contributed by atoms with Crippen molar-refractivity contribution in [1.29, 1.82) is 0 Å². The third kappa shape index (κ3) is 4.66. The fourth-order valence-corrected chi connectivity index (χ4v) is 1.77. The van der Waals surface area contributed by atoms with Crippen molar-refractivity contribution in [2.75, 3.05) is 12.3 Å². The molecular formula is C12H19N7O3. The van der Waals surface area contributed by atoms with Crippen molar-refractivity contribution in [3.05, 3.63) is 17.1 Å². The molecule has 1 atom stereocenters. The van der Waals surface area contributed by atoms with E-state index < -0.39 is 23.8 Å². The first-order chi connectivity index (χ1) is 10.2. The number of nitrogens with one attached hydrogen (secondary N) is 1. The monoisotopic (exact) mass is 309 g/mol. The van der Waals surface area contributed by atoms with Crippen LogP contribution in [0.25, 0.3) is 0 Å². The van der Waals surface area contributed by atoms with E-state index in [0.717, 1.165) is 0 Å². The van der Waals surface area contributed by atoms with Gasteiger partial charge in [0.25, 0.3) is 5.91 Å². The summed E-state index contributed by atoms with van der Waals surface area (Å²) in [7, 11) is 0. The summed E-state index contributed by atoms with van der Waals surface area (Å²) in [5.74, 6) is -1.71. The Morgan fingerprint density at radius 3 is 2.27 bits per heavy atom. The number of nitrogens with two attached hydrogens (primary N) is 4. The maximum atomic E-state index is 11.4. The van der Waals surface area contributed by atoms with Crippen LogP contribution in [0.4, 0.5) is 5.82 Å². The van der Waals surface area contributed by atoms with Gasteiger partial charge in [0, 0.05) is 24.9 Å². The molecule has 0 bridgehead atoms. The molecule has 22 heavy (non-hydrogen) atoms. The molecule has 0 aliphatic rings. The van der Waals surface area contributed by atoms with E-state index in [-0.39, 0.29) is 36.7 Å². The van der Waals surface area contributed by atoms with E-state index in [1.807, 2.05) is 0 Å². The van der Waals surface area contributed by atoms with E-state index in [4.69, 9.17) is 22.9 Å². The molecular weight excluding hydrogens is 290 g/mol. The summed E-state index contributed by atoms with van der Waals surface area (Å²) in [5, 5.41) is 2.88. The second-order valence-corrected chi connectivity index (χ2v) is 4.70. The minimum absolute atomic E-state index is 0.0336. The summed E-state index contributed by atoms with van der Waals surface area (Å²) in [6, 6.07) is -0.710. The highest BCUT2D eigenvalue weighted by Crippen LogP contribution is 2.18. The molecule has 1 unspecified atom stereocenters. The van der Waals surface area contributed by atoms with Crippen molar-refractivity contribution in [1.82, 2.24) is 15.3 Å². The molecule has 0 radical (unpaired) electrons. The van der Waals surface area contributed by atoms with Gasteiger partial charge in [0.2, 0.25) is 11.8 Å². The van der Waals surface area contributed by atoms with Gasteiger partial charge < -0.3 is 28.3 Å². The summed E-state index contributed by atoms with van der Waals surface area (Å²) >= 11 is 0. The standard InChI is InChI=1S/C12H19N7O3/c1-5-9(11(16)22)18-12(19-10(5)15)6(4-8(14)21)17-3-2-7(13)20/h6,17H,2-4H2,1H3,(H2,13,20)(H2,14,21)(H2,16,22)(H2,15,18,19). The van der Waals surface area contributed by atoms with Crippen LogP contribution in [-0.2, 0) is 9.59 Å². The predicted octanol–water partition coefficient (Wildman–Crippen LogP) is -2.15. The molecule has 1 aromatic rings. The molecule has 1 heterocycles. The lowest BCUT2D eigenvalue weighted by Gasteiger charge is -2.17. The number of rotatable bonds is 8. The average molecular weight is 309 g/mol. The maximum absolute atomic E-state index is 11.4. The Labute approximate surface area is 126 Å². The van der Waals surface area contributed by atoms with Gasteiger partial charge in [0.05, 0.1) is 6.04 Å². The molecule has 10 nitrogen and oxygen atoms in total. The van der Waals surface area contributed by atoms with Gasteiger partial charge in [-0.05, 0) is 6.92 Å². The van der Waals surface area contributed by atoms with Crippen LogP contribution < -0.4 is 28.3 Å². The number of nitrogens with zero attached hydrogens (tertiary/aromatic N) is 2. The fourth-order valence-electron chi connectivity index (χ4n) is 1.77. The first kappa shape index (κ1) is 17.3. The molecule has 0 aliphatic carbocycles. The van der Waals surface area contributed by atoms with E-state index in [2.05, 4.69) is 15.3 Å². The number of carbonyl (C=O) groups excluding carboxylic acids is 3. The second kappa shape index (κ2) is 7.31. The van der Waals surface area contributed by atoms with Gasteiger partial charge in [0.15, 0.2) is 0 Å². The molecule has 0 fully saturated rings. The van der Waals surface area contributed by atoms with E-state index in [9.17, 15) is 14.4 Å². The van der Waals surface area contributed by atoms with Gasteiger partial charge in [-0.25, -0.2) is 9.97 Å². The molecule has 0 spiro atoms. The molecule has 3 amide bonds. The molecule has 0 aromatic carbocycles. The highest BCUT2D eigenvalue weighted by molar-refractivity contribution is 5.93. The van der Waals surface area contributed by atoms with Crippen LogP contribution in [0.2, 0.25) is 0 Å². The average Bonchev–Trinajstić information content (AvgIpc) is 2.39. The predicted molar refractivity (Wildman–Crippen MR) is 78.1 cm³/mol. The fraction of sp³-hybridized carbons (Fsp3) is 0.417. The molecule has 0 saturated heterocycles. The Morgan fingerprint density at radius 2 is 1.77 bits per heavy atom. The van der Waals surface area contributed by atoms with Crippen molar-refractivity contribution >= 4 is 23.5 Å². The minimum atomic E-state index is -0.761. The van der Waals surface area contributed by atoms with Crippen molar-refractivity contribution in [3.63, 3.8) is 0 Å². The van der Waals surface area contributed by atoms with E-state index in [1.165, 1.54) is 0 Å². The van der Waals surface area contributed by atoms with Crippen molar-refractivity contribution in [3.8, 4) is 0 Å². The lowest BCUT2D eigenvalue weighted by atomic mass is 10.1. The van der Waals surface area contributed by atoms with Crippen molar-refractivity contribution in [2.45, 2.75) is 25.8 Å². The third-order valence-corrected chi connectivity index (χ3v) is 2.91. The number of hydrogen-bond acceptors (Lipinski definition) is 7. The normalized spacial score (nSPS) is 11.9. The number of hydrogen-bond donors (Lipinski definition) is 5. The Bertz CT molecular complexity index is 603. The third-order valence-electron chi connectivity index (χ3n) is 2.91. The second-order valence-electron chi connectivity index (χ2n) is 4.70. The molecule has 9 N–H and O–H groups in total. The van der Waals surface area contributed by atoms with Gasteiger partial charge >= 0.3 is 0 Å². The van der Waals surface area contributed by atoms with Gasteiger partial charge in [-0.2, -0.15) is 0 Å². The van der Waals surface area contributed by atoms with Gasteiger partial charge in [-0.1, -0.05) is 0 Å². The quantitative estimate of drug-likeness (QED) is 0.361. The first-order valence-corrected chi connectivity index (χ1v) is 6.46. The lowest BCUT2D eigenvalue weighted by molar-refractivity contribution is -0.118. The number of primary amides is 3. The number of aromatic nitrogens is 2. The first-order valence-electron chi connectivity index (χ1n) is 6.46. The highest BCUT2D eigenvalue weighted by Gasteiger charge is 2.21. The van der Waals surface area contributed by atoms with E-state index in [0.29, 0.717) is 5.56 Å². The molecule has 0 saturated carbocycles. The molecule has 1 rings (SSSR count). The van der Waals surface area contributed by atoms with Crippen LogP contribution in [0, 0.1) is 6.92 Å². The minimum Gasteiger partial charge on any atom is -0.383 e. The summed E-state index contributed by atoms with van der Waals surface area (Å²) in [4.78, 5) is 41.4. The molecule has 1 aromatic heterocycles. The summed E-state index contributed by atoms with van der Waals surface area (Å²) in [5.41, 5.74) is 21.5. The lowest BCUT2D eigenvalue weighted by Crippen LogP contribution is -2.32. The van der Waals surface area contributed by atoms with Crippen LogP contribution in [0.5, 0.6) is 0 Å². The summed E-state index contributed by atoms with van der Waals surface area (Å²) in [6.45, 7) is 1.75. The van der Waals surface area contributed by atoms with Crippen LogP contribution >= 0.6 is 0 Å². The zero-order valence-electron chi connectivity index (χ0n) is 12.1. The van der Waals surface area contributed by atoms with Crippen LogP contribution in [-0.4, -0.2) is 34.2 Å². The summed E-state index contributed by atoms with van der Waals surface area (Å²) < 4.78 is 0. The van der Waals surface area contributed by atoms with Gasteiger partial charge in [-0.15, -0.1) is 0 Å². The smallest absolute Gasteiger partial charge is 0.267 e. The maximum Gasteiger partial charge on any atom is 0.267 e. The zero-order chi connectivity index (χ0) is 16.9. The number of nitrogen functional groups attached to an aromatic ring is 1. The summed E-state index contributed by atoms with van der Waals surface area (Å²) in [6.07, 6.45) is -0.0846. The SMILES string of the molecule is Cc1c(N)nc(C(CC(N)=O)NCCC(N)=O)nc1C(N)=O. The van der Waals surface area contributed by atoms with Crippen molar-refractivity contribution in [2.24, 2.45) is 17.2 Å². The molecule has 10 heteroatoms. The molecule has 120 valence electrons. The Kier molecular flexibility index (Phi) is 5.75. The zero-order valence-corrected chi connectivity index (χ0v) is 12.1. The number of amides is 3. The number of carbonyl (C=O) groups is 3. The highest BCUT2D eigenvalue weighted by atomic mass is 16.2. The van der Waals surface area contributed by atoms with Crippen molar-refractivity contribution < 1.29 is 14.4 Å². The van der Waals surface area contributed by atoms with Crippen LogP contribution in [0.15, 0.2) is 0 Å². The van der Waals surface area contributed by atoms with Gasteiger partial charge in [0.1, 0.15) is 17.3 Å². The Morgan fingerprint density at radius 1 is 1.14 bits per heavy atom. The molecule has 0 aliphatic heterocycles. The Hall–Kier alpha value is -2.75. The topological polar surface area (TPSA) is 193 Å². The van der Waals surface area contributed by atoms with Crippen LogP contribution in [0.1, 0.15) is 40.8 Å².